The van der Waals surface area contributed by atoms with Gasteiger partial charge in [0.05, 0.1) is 12.0 Å². The van der Waals surface area contributed by atoms with Crippen molar-refractivity contribution >= 4 is 12.0 Å². The minimum atomic E-state index is -0.848. The van der Waals surface area contributed by atoms with E-state index in [0.29, 0.717) is 19.4 Å². The van der Waals surface area contributed by atoms with Crippen LogP contribution in [0.5, 0.6) is 0 Å². The molecule has 0 bridgehead atoms. The van der Waals surface area contributed by atoms with Crippen LogP contribution in [-0.2, 0) is 11.2 Å². The molecule has 2 aliphatic rings. The summed E-state index contributed by atoms with van der Waals surface area (Å²) in [7, 11) is 0. The summed E-state index contributed by atoms with van der Waals surface area (Å²) in [5.74, 6) is -1.59. The van der Waals surface area contributed by atoms with Gasteiger partial charge in [0.15, 0.2) is 0 Å². The molecule has 1 aromatic carbocycles. The lowest BCUT2D eigenvalue weighted by Gasteiger charge is -2.31. The van der Waals surface area contributed by atoms with Crippen molar-refractivity contribution in [3.63, 3.8) is 0 Å². The first-order chi connectivity index (χ1) is 10.5. The summed E-state index contributed by atoms with van der Waals surface area (Å²) in [6.07, 6.45) is 2.82. The number of nitrogens with zero attached hydrogens (tertiary/aromatic N) is 1. The molecule has 1 heterocycles. The number of urea groups is 1. The first-order valence-corrected chi connectivity index (χ1v) is 7.61. The molecule has 1 aromatic rings. The van der Waals surface area contributed by atoms with Crippen LogP contribution in [0.2, 0.25) is 0 Å². The second-order valence-electron chi connectivity index (χ2n) is 6.01. The smallest absolute Gasteiger partial charge is 0.317 e. The Morgan fingerprint density at radius 1 is 1.32 bits per heavy atom. The summed E-state index contributed by atoms with van der Waals surface area (Å²) in [4.78, 5) is 25.0. The standard InChI is InChI=1S/C16H19FN2O3/c17-12-4-5-13-10(8-12)3-6-14(13)18-16(22)19-7-1-2-11(9-19)15(20)21/h4-5,8,11,14H,1-3,6-7,9H2,(H,18,22)(H,20,21). The summed E-state index contributed by atoms with van der Waals surface area (Å²) < 4.78 is 13.2. The molecular weight excluding hydrogens is 287 g/mol. The van der Waals surface area contributed by atoms with E-state index >= 15 is 0 Å². The highest BCUT2D eigenvalue weighted by Crippen LogP contribution is 2.31. The van der Waals surface area contributed by atoms with E-state index in [2.05, 4.69) is 5.32 Å². The Balaban J connectivity index is 1.65. The molecule has 2 N–H and O–H groups in total. The zero-order valence-corrected chi connectivity index (χ0v) is 12.2. The minimum absolute atomic E-state index is 0.117. The predicted molar refractivity (Wildman–Crippen MR) is 77.9 cm³/mol. The first kappa shape index (κ1) is 14.8. The molecule has 0 saturated carbocycles. The largest absolute Gasteiger partial charge is 0.481 e. The topological polar surface area (TPSA) is 69.6 Å². The summed E-state index contributed by atoms with van der Waals surface area (Å²) in [5, 5.41) is 12.0. The molecule has 6 heteroatoms. The van der Waals surface area contributed by atoms with Crippen LogP contribution in [0, 0.1) is 11.7 Å². The quantitative estimate of drug-likeness (QED) is 0.881. The predicted octanol–water partition coefficient (Wildman–Crippen LogP) is 2.32. The molecule has 118 valence electrons. The maximum absolute atomic E-state index is 13.2. The van der Waals surface area contributed by atoms with Gasteiger partial charge in [0, 0.05) is 13.1 Å². The Kier molecular flexibility index (Phi) is 4.00. The number of rotatable bonds is 2. The fraction of sp³-hybridized carbons (Fsp3) is 0.500. The lowest BCUT2D eigenvalue weighted by molar-refractivity contribution is -0.143. The number of nitrogens with one attached hydrogen (secondary N) is 1. The average molecular weight is 306 g/mol. The third-order valence-electron chi connectivity index (χ3n) is 4.54. The van der Waals surface area contributed by atoms with Crippen LogP contribution in [-0.4, -0.2) is 35.1 Å². The third kappa shape index (κ3) is 2.91. The van der Waals surface area contributed by atoms with Gasteiger partial charge in [0.1, 0.15) is 5.82 Å². The monoisotopic (exact) mass is 306 g/mol. The van der Waals surface area contributed by atoms with Crippen molar-refractivity contribution in [1.29, 1.82) is 0 Å². The number of aryl methyl sites for hydroxylation is 1. The van der Waals surface area contributed by atoms with E-state index in [0.717, 1.165) is 24.0 Å². The number of likely N-dealkylation sites (tertiary alicyclic amines) is 1. The van der Waals surface area contributed by atoms with Crippen molar-refractivity contribution in [3.05, 3.63) is 35.1 Å². The maximum atomic E-state index is 13.2. The highest BCUT2D eigenvalue weighted by Gasteiger charge is 2.30. The lowest BCUT2D eigenvalue weighted by Crippen LogP contribution is -2.47. The number of hydrogen-bond donors (Lipinski definition) is 2. The summed E-state index contributed by atoms with van der Waals surface area (Å²) in [5.41, 5.74) is 1.90. The number of benzene rings is 1. The molecule has 2 amide bonds. The van der Waals surface area contributed by atoms with Gasteiger partial charge >= 0.3 is 12.0 Å². The Hall–Kier alpha value is -2.11. The molecule has 22 heavy (non-hydrogen) atoms. The number of carboxylic acid groups (broad SMARTS) is 1. The van der Waals surface area contributed by atoms with Crippen LogP contribution in [0.15, 0.2) is 18.2 Å². The van der Waals surface area contributed by atoms with Crippen molar-refractivity contribution in [2.24, 2.45) is 5.92 Å². The van der Waals surface area contributed by atoms with E-state index < -0.39 is 11.9 Å². The minimum Gasteiger partial charge on any atom is -0.481 e. The van der Waals surface area contributed by atoms with Crippen LogP contribution in [0.1, 0.15) is 36.4 Å². The second-order valence-corrected chi connectivity index (χ2v) is 6.01. The average Bonchev–Trinajstić information content (AvgIpc) is 2.89. The molecule has 0 radical (unpaired) electrons. The number of fused-ring (bicyclic) bond motifs is 1. The van der Waals surface area contributed by atoms with Crippen LogP contribution >= 0.6 is 0 Å². The Bertz CT molecular complexity index is 605. The van der Waals surface area contributed by atoms with Gasteiger partial charge in [-0.15, -0.1) is 0 Å². The van der Waals surface area contributed by atoms with Crippen molar-refractivity contribution in [2.45, 2.75) is 31.7 Å². The van der Waals surface area contributed by atoms with Crippen molar-refractivity contribution < 1.29 is 19.1 Å². The molecular formula is C16H19FN2O3. The molecule has 5 nitrogen and oxygen atoms in total. The van der Waals surface area contributed by atoms with Gasteiger partial charge in [-0.2, -0.15) is 0 Å². The highest BCUT2D eigenvalue weighted by atomic mass is 19.1. The SMILES string of the molecule is O=C(O)C1CCCN(C(=O)NC2CCc3cc(F)ccc32)C1. The number of carbonyl (C=O) groups excluding carboxylic acids is 1. The third-order valence-corrected chi connectivity index (χ3v) is 4.54. The normalized spacial score (nSPS) is 24.0. The zero-order valence-electron chi connectivity index (χ0n) is 12.2. The van der Waals surface area contributed by atoms with Gasteiger partial charge in [0.25, 0.3) is 0 Å². The van der Waals surface area contributed by atoms with Crippen LogP contribution in [0.25, 0.3) is 0 Å². The molecule has 1 saturated heterocycles. The molecule has 3 rings (SSSR count). The van der Waals surface area contributed by atoms with E-state index in [1.54, 1.807) is 11.0 Å². The molecule has 2 atom stereocenters. The van der Waals surface area contributed by atoms with E-state index in [4.69, 9.17) is 5.11 Å². The van der Waals surface area contributed by atoms with Gasteiger partial charge in [-0.25, -0.2) is 9.18 Å². The van der Waals surface area contributed by atoms with Crippen molar-refractivity contribution in [1.82, 2.24) is 10.2 Å². The summed E-state index contributed by atoms with van der Waals surface area (Å²) in [6, 6.07) is 4.30. The molecule has 0 aromatic heterocycles. The van der Waals surface area contributed by atoms with E-state index in [1.165, 1.54) is 12.1 Å². The molecule has 1 fully saturated rings. The van der Waals surface area contributed by atoms with Crippen molar-refractivity contribution in [3.8, 4) is 0 Å². The number of piperidine rings is 1. The van der Waals surface area contributed by atoms with Crippen molar-refractivity contribution in [2.75, 3.05) is 13.1 Å². The summed E-state index contributed by atoms with van der Waals surface area (Å²) in [6.45, 7) is 0.836. The van der Waals surface area contributed by atoms with E-state index in [1.807, 2.05) is 0 Å². The van der Waals surface area contributed by atoms with Gasteiger partial charge < -0.3 is 15.3 Å². The highest BCUT2D eigenvalue weighted by molar-refractivity contribution is 5.77. The Labute approximate surface area is 128 Å². The number of aliphatic carboxylic acids is 1. The zero-order chi connectivity index (χ0) is 15.7. The van der Waals surface area contributed by atoms with Gasteiger partial charge in [-0.1, -0.05) is 6.07 Å². The maximum Gasteiger partial charge on any atom is 0.317 e. The van der Waals surface area contributed by atoms with Gasteiger partial charge in [-0.05, 0) is 48.9 Å². The fourth-order valence-electron chi connectivity index (χ4n) is 3.34. The molecule has 0 spiro atoms. The summed E-state index contributed by atoms with van der Waals surface area (Å²) >= 11 is 0. The molecule has 2 unspecified atom stereocenters. The lowest BCUT2D eigenvalue weighted by atomic mass is 9.98. The van der Waals surface area contributed by atoms with Crippen LogP contribution in [0.3, 0.4) is 0 Å². The number of carbonyl (C=O) groups is 2. The second kappa shape index (κ2) is 5.94. The number of carboxylic acids is 1. The fourth-order valence-corrected chi connectivity index (χ4v) is 3.34. The number of amides is 2. The number of hydrogen-bond acceptors (Lipinski definition) is 2. The first-order valence-electron chi connectivity index (χ1n) is 7.61. The van der Waals surface area contributed by atoms with Gasteiger partial charge in [0.2, 0.25) is 0 Å². The Morgan fingerprint density at radius 2 is 2.14 bits per heavy atom. The molecule has 1 aliphatic carbocycles. The Morgan fingerprint density at radius 3 is 2.91 bits per heavy atom. The molecule has 1 aliphatic heterocycles. The van der Waals surface area contributed by atoms with Crippen LogP contribution in [0.4, 0.5) is 9.18 Å². The van der Waals surface area contributed by atoms with E-state index in [-0.39, 0.29) is 24.4 Å². The van der Waals surface area contributed by atoms with Gasteiger partial charge in [-0.3, -0.25) is 4.79 Å². The van der Waals surface area contributed by atoms with Crippen LogP contribution < -0.4 is 5.32 Å². The number of halogens is 1. The van der Waals surface area contributed by atoms with E-state index in [9.17, 15) is 14.0 Å².